The fourth-order valence-corrected chi connectivity index (χ4v) is 2.03. The third kappa shape index (κ3) is 3.07. The van der Waals surface area contributed by atoms with E-state index in [1.165, 1.54) is 4.68 Å². The van der Waals surface area contributed by atoms with Gasteiger partial charge in [0, 0.05) is 5.69 Å². The maximum atomic E-state index is 12.1. The molecule has 0 spiro atoms. The third-order valence-electron chi connectivity index (χ3n) is 3.22. The highest BCUT2D eigenvalue weighted by Gasteiger charge is 2.17. The molecule has 0 bridgehead atoms. The van der Waals surface area contributed by atoms with Gasteiger partial charge in [-0.25, -0.2) is 9.48 Å². The topological polar surface area (TPSA) is 97.1 Å². The summed E-state index contributed by atoms with van der Waals surface area (Å²) in [5.74, 6) is -1.44. The van der Waals surface area contributed by atoms with Crippen molar-refractivity contribution in [2.24, 2.45) is 0 Å². The van der Waals surface area contributed by atoms with Crippen LogP contribution >= 0.6 is 0 Å². The standard InChI is InChI=1S/C14H16N4O3/c1-8-5-4-6-9(2)12(8)15-11(19)7-18-10(3)13(14(20)21)16-17-18/h4-6H,7H2,1-3H3,(H,15,19)(H,20,21). The first-order valence-corrected chi connectivity index (χ1v) is 6.39. The van der Waals surface area contributed by atoms with Gasteiger partial charge in [-0.2, -0.15) is 0 Å². The van der Waals surface area contributed by atoms with Crippen LogP contribution in [0.4, 0.5) is 5.69 Å². The van der Waals surface area contributed by atoms with E-state index >= 15 is 0 Å². The maximum Gasteiger partial charge on any atom is 0.358 e. The Bertz CT molecular complexity index is 686. The van der Waals surface area contributed by atoms with Gasteiger partial charge in [0.2, 0.25) is 5.91 Å². The molecule has 0 aliphatic rings. The molecule has 0 saturated carbocycles. The summed E-state index contributed by atoms with van der Waals surface area (Å²) < 4.78 is 1.27. The molecule has 2 aromatic rings. The van der Waals surface area contributed by atoms with Crippen LogP contribution in [0.2, 0.25) is 0 Å². The van der Waals surface area contributed by atoms with E-state index in [1.54, 1.807) is 6.92 Å². The van der Waals surface area contributed by atoms with Crippen molar-refractivity contribution in [1.82, 2.24) is 15.0 Å². The summed E-state index contributed by atoms with van der Waals surface area (Å²) in [6.45, 7) is 5.30. The number of benzene rings is 1. The largest absolute Gasteiger partial charge is 0.476 e. The van der Waals surface area contributed by atoms with Gasteiger partial charge in [-0.15, -0.1) is 5.10 Å². The summed E-state index contributed by atoms with van der Waals surface area (Å²) in [6, 6.07) is 5.73. The van der Waals surface area contributed by atoms with E-state index in [0.29, 0.717) is 5.69 Å². The Balaban J connectivity index is 2.14. The lowest BCUT2D eigenvalue weighted by molar-refractivity contribution is -0.117. The molecule has 0 saturated heterocycles. The highest BCUT2D eigenvalue weighted by Crippen LogP contribution is 2.19. The number of carbonyl (C=O) groups excluding carboxylic acids is 1. The van der Waals surface area contributed by atoms with Gasteiger partial charge in [0.15, 0.2) is 5.69 Å². The van der Waals surface area contributed by atoms with Crippen LogP contribution in [0.5, 0.6) is 0 Å². The molecule has 0 fully saturated rings. The number of nitrogens with one attached hydrogen (secondary N) is 1. The van der Waals surface area contributed by atoms with Gasteiger partial charge < -0.3 is 10.4 Å². The number of carbonyl (C=O) groups is 2. The molecular weight excluding hydrogens is 272 g/mol. The molecule has 1 amide bonds. The Hall–Kier alpha value is -2.70. The zero-order chi connectivity index (χ0) is 15.6. The van der Waals surface area contributed by atoms with Crippen LogP contribution in [0.3, 0.4) is 0 Å². The smallest absolute Gasteiger partial charge is 0.358 e. The van der Waals surface area contributed by atoms with Crippen molar-refractivity contribution in [3.8, 4) is 0 Å². The van der Waals surface area contributed by atoms with Crippen LogP contribution in [0.1, 0.15) is 27.3 Å². The molecule has 21 heavy (non-hydrogen) atoms. The Morgan fingerprint density at radius 1 is 1.24 bits per heavy atom. The quantitative estimate of drug-likeness (QED) is 0.889. The van der Waals surface area contributed by atoms with Crippen molar-refractivity contribution in [1.29, 1.82) is 0 Å². The van der Waals surface area contributed by atoms with E-state index in [9.17, 15) is 9.59 Å². The molecule has 1 aromatic carbocycles. The Morgan fingerprint density at radius 3 is 2.38 bits per heavy atom. The van der Waals surface area contributed by atoms with E-state index in [-0.39, 0.29) is 18.1 Å². The van der Waals surface area contributed by atoms with Gasteiger partial charge in [-0.1, -0.05) is 23.4 Å². The van der Waals surface area contributed by atoms with Crippen molar-refractivity contribution in [2.75, 3.05) is 5.32 Å². The molecule has 2 N–H and O–H groups in total. The summed E-state index contributed by atoms with van der Waals surface area (Å²) in [5, 5.41) is 19.0. The van der Waals surface area contributed by atoms with Gasteiger partial charge in [0.05, 0.1) is 5.69 Å². The number of nitrogens with zero attached hydrogens (tertiary/aromatic N) is 3. The highest BCUT2D eigenvalue weighted by molar-refractivity contribution is 5.92. The van der Waals surface area contributed by atoms with Gasteiger partial charge in [-0.3, -0.25) is 4.79 Å². The van der Waals surface area contributed by atoms with E-state index in [1.807, 2.05) is 32.0 Å². The molecule has 1 heterocycles. The first-order valence-electron chi connectivity index (χ1n) is 6.39. The average Bonchev–Trinajstić information content (AvgIpc) is 2.76. The molecule has 0 radical (unpaired) electrons. The lowest BCUT2D eigenvalue weighted by Crippen LogP contribution is -2.21. The van der Waals surface area contributed by atoms with E-state index in [2.05, 4.69) is 15.6 Å². The summed E-state index contributed by atoms with van der Waals surface area (Å²) >= 11 is 0. The second-order valence-corrected chi connectivity index (χ2v) is 4.80. The van der Waals surface area contributed by atoms with E-state index in [0.717, 1.165) is 16.8 Å². The Labute approximate surface area is 121 Å². The summed E-state index contributed by atoms with van der Waals surface area (Å²) in [7, 11) is 0. The van der Waals surface area contributed by atoms with Crippen molar-refractivity contribution >= 4 is 17.6 Å². The first kappa shape index (κ1) is 14.7. The number of rotatable bonds is 4. The number of amides is 1. The molecule has 0 atom stereocenters. The minimum Gasteiger partial charge on any atom is -0.476 e. The molecule has 2 rings (SSSR count). The second-order valence-electron chi connectivity index (χ2n) is 4.80. The molecule has 0 unspecified atom stereocenters. The maximum absolute atomic E-state index is 12.1. The van der Waals surface area contributed by atoms with Crippen LogP contribution in [0.15, 0.2) is 18.2 Å². The monoisotopic (exact) mass is 288 g/mol. The van der Waals surface area contributed by atoms with Crippen LogP contribution in [-0.2, 0) is 11.3 Å². The number of anilines is 1. The van der Waals surface area contributed by atoms with Crippen LogP contribution < -0.4 is 5.32 Å². The van der Waals surface area contributed by atoms with Crippen molar-refractivity contribution in [3.05, 3.63) is 40.7 Å². The van der Waals surface area contributed by atoms with Crippen molar-refractivity contribution in [3.63, 3.8) is 0 Å². The Kier molecular flexibility index (Phi) is 4.02. The minimum absolute atomic E-state index is 0.0834. The van der Waals surface area contributed by atoms with Gasteiger partial charge in [-0.05, 0) is 31.9 Å². The van der Waals surface area contributed by atoms with Gasteiger partial charge in [0.1, 0.15) is 6.54 Å². The zero-order valence-corrected chi connectivity index (χ0v) is 12.0. The van der Waals surface area contributed by atoms with E-state index in [4.69, 9.17) is 5.11 Å². The number of aromatic nitrogens is 3. The average molecular weight is 288 g/mol. The SMILES string of the molecule is Cc1cccc(C)c1NC(=O)Cn1nnc(C(=O)O)c1C. The van der Waals surface area contributed by atoms with Crippen LogP contribution in [-0.4, -0.2) is 32.0 Å². The van der Waals surface area contributed by atoms with Crippen molar-refractivity contribution in [2.45, 2.75) is 27.3 Å². The Morgan fingerprint density at radius 2 is 1.86 bits per heavy atom. The number of aryl methyl sites for hydroxylation is 2. The van der Waals surface area contributed by atoms with Gasteiger partial charge in [0.25, 0.3) is 0 Å². The second kappa shape index (κ2) is 5.74. The minimum atomic E-state index is -1.16. The fourth-order valence-electron chi connectivity index (χ4n) is 2.03. The fraction of sp³-hybridized carbons (Fsp3) is 0.286. The summed E-state index contributed by atoms with van der Waals surface area (Å²) in [5.41, 5.74) is 2.89. The predicted molar refractivity (Wildman–Crippen MR) is 76.3 cm³/mol. The summed E-state index contributed by atoms with van der Waals surface area (Å²) in [4.78, 5) is 23.0. The normalized spacial score (nSPS) is 10.4. The third-order valence-corrected chi connectivity index (χ3v) is 3.22. The predicted octanol–water partition coefficient (Wildman–Crippen LogP) is 1.54. The zero-order valence-electron chi connectivity index (χ0n) is 12.0. The summed E-state index contributed by atoms with van der Waals surface area (Å²) in [6.07, 6.45) is 0. The number of carboxylic acid groups (broad SMARTS) is 1. The molecule has 0 aliphatic heterocycles. The molecule has 0 aliphatic carbocycles. The highest BCUT2D eigenvalue weighted by atomic mass is 16.4. The number of carboxylic acids is 1. The van der Waals surface area contributed by atoms with Crippen LogP contribution in [0.25, 0.3) is 0 Å². The number of hydrogen-bond donors (Lipinski definition) is 2. The molecular formula is C14H16N4O3. The molecule has 7 nitrogen and oxygen atoms in total. The van der Waals surface area contributed by atoms with Crippen LogP contribution in [0, 0.1) is 20.8 Å². The molecule has 110 valence electrons. The number of para-hydroxylation sites is 1. The number of aromatic carboxylic acids is 1. The lowest BCUT2D eigenvalue weighted by atomic mass is 10.1. The molecule has 1 aromatic heterocycles. The first-order chi connectivity index (χ1) is 9.90. The lowest BCUT2D eigenvalue weighted by Gasteiger charge is -2.11. The van der Waals surface area contributed by atoms with E-state index < -0.39 is 5.97 Å². The molecule has 7 heteroatoms. The van der Waals surface area contributed by atoms with Crippen molar-refractivity contribution < 1.29 is 14.7 Å². The number of hydrogen-bond acceptors (Lipinski definition) is 4. The van der Waals surface area contributed by atoms with Gasteiger partial charge >= 0.3 is 5.97 Å².